The lowest BCUT2D eigenvalue weighted by Gasteiger charge is -2.25. The van der Waals surface area contributed by atoms with E-state index in [4.69, 9.17) is 25.8 Å². The van der Waals surface area contributed by atoms with Crippen LogP contribution in [0.5, 0.6) is 17.2 Å². The molecule has 0 spiro atoms. The van der Waals surface area contributed by atoms with Crippen molar-refractivity contribution >= 4 is 43.9 Å². The molecular formula is C33H33ClO3. The van der Waals surface area contributed by atoms with Gasteiger partial charge in [-0.15, -0.1) is 0 Å². The number of benzene rings is 5. The van der Waals surface area contributed by atoms with Gasteiger partial charge in [0.25, 0.3) is 0 Å². The summed E-state index contributed by atoms with van der Waals surface area (Å²) in [5, 5.41) is 6.65. The highest BCUT2D eigenvalue weighted by Crippen LogP contribution is 2.54. The molecule has 4 heteroatoms. The molecule has 0 aliphatic carbocycles. The van der Waals surface area contributed by atoms with Crippen LogP contribution >= 0.6 is 11.6 Å². The van der Waals surface area contributed by atoms with Crippen LogP contribution in [-0.4, -0.2) is 18.3 Å². The SMILES string of the molecule is CC(C)Oc1c(Cl)c(-c2c3ccccc3c(OC(C)C)c3ccccc23)c(OC(C)C)c2ccccc12. The van der Waals surface area contributed by atoms with E-state index in [1.807, 2.05) is 45.9 Å². The summed E-state index contributed by atoms with van der Waals surface area (Å²) in [6.45, 7) is 12.2. The lowest BCUT2D eigenvalue weighted by molar-refractivity contribution is 0.240. The Morgan fingerprint density at radius 3 is 1.19 bits per heavy atom. The minimum atomic E-state index is -0.0452. The number of fused-ring (bicyclic) bond motifs is 3. The van der Waals surface area contributed by atoms with Crippen LogP contribution in [0, 0.1) is 0 Å². The molecule has 5 aromatic rings. The van der Waals surface area contributed by atoms with E-state index in [1.165, 1.54) is 0 Å². The maximum Gasteiger partial charge on any atom is 0.147 e. The van der Waals surface area contributed by atoms with Gasteiger partial charge in [0.05, 0.1) is 23.3 Å². The van der Waals surface area contributed by atoms with Crippen molar-refractivity contribution in [1.82, 2.24) is 0 Å². The first-order chi connectivity index (χ1) is 17.8. The Labute approximate surface area is 223 Å². The summed E-state index contributed by atoms with van der Waals surface area (Å²) in [4.78, 5) is 0. The molecule has 0 atom stereocenters. The van der Waals surface area contributed by atoms with Gasteiger partial charge in [-0.1, -0.05) is 84.4 Å². The first-order valence-electron chi connectivity index (χ1n) is 13.0. The third kappa shape index (κ3) is 4.57. The van der Waals surface area contributed by atoms with Gasteiger partial charge in [0, 0.05) is 32.7 Å². The molecule has 0 N–H and O–H groups in total. The van der Waals surface area contributed by atoms with Gasteiger partial charge in [-0.05, 0) is 52.3 Å². The highest BCUT2D eigenvalue weighted by Gasteiger charge is 2.27. The quantitative estimate of drug-likeness (QED) is 0.203. The average molecular weight is 513 g/mol. The maximum absolute atomic E-state index is 7.34. The Hall–Kier alpha value is -3.43. The summed E-state index contributed by atoms with van der Waals surface area (Å²) in [6.07, 6.45) is -0.0510. The second kappa shape index (κ2) is 10.1. The fourth-order valence-corrected chi connectivity index (χ4v) is 5.32. The van der Waals surface area contributed by atoms with E-state index < -0.39 is 0 Å². The van der Waals surface area contributed by atoms with Gasteiger partial charge in [0.2, 0.25) is 0 Å². The molecule has 37 heavy (non-hydrogen) atoms. The van der Waals surface area contributed by atoms with Gasteiger partial charge in [-0.2, -0.15) is 0 Å². The van der Waals surface area contributed by atoms with Gasteiger partial charge in [-0.3, -0.25) is 0 Å². The Kier molecular flexibility index (Phi) is 6.92. The fraction of sp³-hybridized carbons (Fsp3) is 0.273. The van der Waals surface area contributed by atoms with Gasteiger partial charge < -0.3 is 14.2 Å². The second-order valence-electron chi connectivity index (χ2n) is 10.2. The van der Waals surface area contributed by atoms with E-state index in [9.17, 15) is 0 Å². The summed E-state index contributed by atoms with van der Waals surface area (Å²) < 4.78 is 19.4. The molecule has 0 unspecified atom stereocenters. The van der Waals surface area contributed by atoms with Gasteiger partial charge >= 0.3 is 0 Å². The van der Waals surface area contributed by atoms with Gasteiger partial charge in [0.1, 0.15) is 17.2 Å². The molecule has 190 valence electrons. The van der Waals surface area contributed by atoms with Crippen molar-refractivity contribution < 1.29 is 14.2 Å². The zero-order valence-corrected chi connectivity index (χ0v) is 23.0. The van der Waals surface area contributed by atoms with E-state index in [2.05, 4.69) is 68.4 Å². The zero-order valence-electron chi connectivity index (χ0n) is 22.3. The molecule has 3 nitrogen and oxygen atoms in total. The number of rotatable bonds is 7. The normalized spacial score (nSPS) is 11.8. The summed E-state index contributed by atoms with van der Waals surface area (Å²) >= 11 is 7.34. The van der Waals surface area contributed by atoms with Gasteiger partial charge in [-0.25, -0.2) is 0 Å². The molecule has 0 radical (unpaired) electrons. The Balaban J connectivity index is 2.02. The molecule has 0 bridgehead atoms. The van der Waals surface area contributed by atoms with E-state index in [1.54, 1.807) is 0 Å². The van der Waals surface area contributed by atoms with Crippen molar-refractivity contribution in [2.75, 3.05) is 0 Å². The first-order valence-corrected chi connectivity index (χ1v) is 13.3. The Morgan fingerprint density at radius 1 is 0.432 bits per heavy atom. The first kappa shape index (κ1) is 25.2. The monoisotopic (exact) mass is 512 g/mol. The number of ether oxygens (including phenoxy) is 3. The van der Waals surface area contributed by atoms with Crippen LogP contribution in [0.4, 0.5) is 0 Å². The Morgan fingerprint density at radius 2 is 0.757 bits per heavy atom. The van der Waals surface area contributed by atoms with Crippen molar-refractivity contribution in [2.45, 2.75) is 59.9 Å². The maximum atomic E-state index is 7.34. The van der Waals surface area contributed by atoms with Crippen LogP contribution in [0.2, 0.25) is 5.02 Å². The van der Waals surface area contributed by atoms with Crippen LogP contribution in [-0.2, 0) is 0 Å². The molecule has 0 aliphatic heterocycles. The third-order valence-electron chi connectivity index (χ3n) is 6.25. The molecule has 0 saturated heterocycles. The molecule has 5 aromatic carbocycles. The van der Waals surface area contributed by atoms with Crippen molar-refractivity contribution in [2.24, 2.45) is 0 Å². The standard InChI is InChI=1S/C33H33ClO3/c1-19(2)35-31-24-15-9-7-13-22(24)28(23-14-8-10-16-25(23)31)29-30(34)33(37-21(5)6)27-18-12-11-17-26(27)32(29)36-20(3)4/h7-21H,1-6H3. The molecule has 0 aliphatic rings. The van der Waals surface area contributed by atoms with Crippen molar-refractivity contribution in [3.8, 4) is 28.4 Å². The lowest BCUT2D eigenvalue weighted by atomic mass is 9.89. The minimum absolute atomic E-state index is 0.0350. The highest BCUT2D eigenvalue weighted by molar-refractivity contribution is 6.38. The minimum Gasteiger partial charge on any atom is -0.490 e. The molecule has 0 fully saturated rings. The topological polar surface area (TPSA) is 27.7 Å². The van der Waals surface area contributed by atoms with Gasteiger partial charge in [0.15, 0.2) is 0 Å². The van der Waals surface area contributed by atoms with Crippen LogP contribution in [0.15, 0.2) is 72.8 Å². The van der Waals surface area contributed by atoms with E-state index in [0.29, 0.717) is 10.8 Å². The smallest absolute Gasteiger partial charge is 0.147 e. The molecule has 0 amide bonds. The van der Waals surface area contributed by atoms with Crippen LogP contribution in [0.1, 0.15) is 41.5 Å². The average Bonchev–Trinajstić information content (AvgIpc) is 2.87. The van der Waals surface area contributed by atoms with Crippen molar-refractivity contribution in [3.63, 3.8) is 0 Å². The van der Waals surface area contributed by atoms with Crippen molar-refractivity contribution in [3.05, 3.63) is 77.8 Å². The molecule has 0 aromatic heterocycles. The second-order valence-corrected chi connectivity index (χ2v) is 10.6. The summed E-state index contributed by atoms with van der Waals surface area (Å²) in [5.74, 6) is 2.32. The number of halogens is 1. The Bertz CT molecular complexity index is 1540. The highest BCUT2D eigenvalue weighted by atomic mass is 35.5. The molecule has 0 saturated carbocycles. The van der Waals surface area contributed by atoms with E-state index in [-0.39, 0.29) is 18.3 Å². The predicted octanol–water partition coefficient (Wildman–Crippen LogP) is 9.83. The zero-order chi connectivity index (χ0) is 26.3. The molecular weight excluding hydrogens is 480 g/mol. The summed E-state index contributed by atoms with van der Waals surface area (Å²) in [6, 6.07) is 24.9. The number of hydrogen-bond donors (Lipinski definition) is 0. The lowest BCUT2D eigenvalue weighted by Crippen LogP contribution is -2.11. The predicted molar refractivity (Wildman–Crippen MR) is 157 cm³/mol. The largest absolute Gasteiger partial charge is 0.490 e. The van der Waals surface area contributed by atoms with Crippen LogP contribution in [0.3, 0.4) is 0 Å². The van der Waals surface area contributed by atoms with Crippen LogP contribution < -0.4 is 14.2 Å². The fourth-order valence-electron chi connectivity index (χ4n) is 5.00. The van der Waals surface area contributed by atoms with E-state index >= 15 is 0 Å². The molecule has 0 heterocycles. The van der Waals surface area contributed by atoms with E-state index in [0.717, 1.165) is 54.9 Å². The molecule has 5 rings (SSSR count). The third-order valence-corrected chi connectivity index (χ3v) is 6.62. The number of hydrogen-bond acceptors (Lipinski definition) is 3. The van der Waals surface area contributed by atoms with Crippen LogP contribution in [0.25, 0.3) is 43.4 Å². The van der Waals surface area contributed by atoms with Crippen molar-refractivity contribution in [1.29, 1.82) is 0 Å². The summed E-state index contributed by atoms with van der Waals surface area (Å²) in [7, 11) is 0. The summed E-state index contributed by atoms with van der Waals surface area (Å²) in [5.41, 5.74) is 1.86.